The van der Waals surface area contributed by atoms with Gasteiger partial charge in [-0.2, -0.15) is 0 Å². The highest BCUT2D eigenvalue weighted by Gasteiger charge is 2.27. The Morgan fingerprint density at radius 3 is 2.88 bits per heavy atom. The van der Waals surface area contributed by atoms with Crippen molar-refractivity contribution in [2.75, 3.05) is 38.3 Å². The molecular formula is C20H28N4O2. The van der Waals surface area contributed by atoms with E-state index in [4.69, 9.17) is 9.72 Å². The average molecular weight is 356 g/mol. The first-order valence-electron chi connectivity index (χ1n) is 9.32. The van der Waals surface area contributed by atoms with E-state index in [1.165, 1.54) is 0 Å². The SMILES string of the molecule is C=CCn1c(N2CCC(C(=O)NCCCOC)CC2)nc2ccccc21. The second kappa shape index (κ2) is 8.85. The normalized spacial score (nSPS) is 15.3. The molecule has 0 bridgehead atoms. The number of aromatic nitrogens is 2. The molecule has 26 heavy (non-hydrogen) atoms. The first-order chi connectivity index (χ1) is 12.7. The number of nitrogens with zero attached hydrogens (tertiary/aromatic N) is 3. The molecule has 3 rings (SSSR count). The number of fused-ring (bicyclic) bond motifs is 1. The van der Waals surface area contributed by atoms with Gasteiger partial charge in [-0.15, -0.1) is 6.58 Å². The molecule has 1 aromatic carbocycles. The third kappa shape index (κ3) is 4.07. The maximum Gasteiger partial charge on any atom is 0.223 e. The van der Waals surface area contributed by atoms with Crippen LogP contribution in [-0.4, -0.2) is 48.8 Å². The standard InChI is InChI=1S/C20H28N4O2/c1-3-12-24-18-8-5-4-7-17(18)22-20(24)23-13-9-16(10-14-23)19(25)21-11-6-15-26-2/h3-5,7-8,16H,1,6,9-15H2,2H3,(H,21,25). The quantitative estimate of drug-likeness (QED) is 0.583. The van der Waals surface area contributed by atoms with Gasteiger partial charge >= 0.3 is 0 Å². The van der Waals surface area contributed by atoms with Crippen molar-refractivity contribution in [1.29, 1.82) is 0 Å². The number of benzene rings is 1. The molecule has 1 aliphatic rings. The highest BCUT2D eigenvalue weighted by Crippen LogP contribution is 2.27. The fourth-order valence-electron chi connectivity index (χ4n) is 3.53. The summed E-state index contributed by atoms with van der Waals surface area (Å²) in [5.41, 5.74) is 2.13. The monoisotopic (exact) mass is 356 g/mol. The van der Waals surface area contributed by atoms with Crippen LogP contribution >= 0.6 is 0 Å². The van der Waals surface area contributed by atoms with Crippen molar-refractivity contribution >= 4 is 22.9 Å². The van der Waals surface area contributed by atoms with Gasteiger partial charge in [0, 0.05) is 45.8 Å². The Morgan fingerprint density at radius 1 is 1.38 bits per heavy atom. The lowest BCUT2D eigenvalue weighted by molar-refractivity contribution is -0.125. The average Bonchev–Trinajstić information content (AvgIpc) is 3.04. The molecule has 0 atom stereocenters. The Labute approximate surface area is 154 Å². The summed E-state index contributed by atoms with van der Waals surface area (Å²) in [6.07, 6.45) is 4.46. The van der Waals surface area contributed by atoms with Gasteiger partial charge in [0.2, 0.25) is 11.9 Å². The number of piperidine rings is 1. The maximum absolute atomic E-state index is 12.3. The molecule has 0 aliphatic carbocycles. The summed E-state index contributed by atoms with van der Waals surface area (Å²) >= 11 is 0. The molecule has 1 N–H and O–H groups in total. The number of carbonyl (C=O) groups excluding carboxylic acids is 1. The van der Waals surface area contributed by atoms with E-state index >= 15 is 0 Å². The molecule has 6 nitrogen and oxygen atoms in total. The second-order valence-corrected chi connectivity index (χ2v) is 6.70. The van der Waals surface area contributed by atoms with Gasteiger partial charge < -0.3 is 19.5 Å². The predicted octanol–water partition coefficient (Wildman–Crippen LogP) is 2.59. The number of anilines is 1. The van der Waals surface area contributed by atoms with E-state index < -0.39 is 0 Å². The lowest BCUT2D eigenvalue weighted by Crippen LogP contribution is -2.41. The maximum atomic E-state index is 12.3. The lowest BCUT2D eigenvalue weighted by Gasteiger charge is -2.32. The number of methoxy groups -OCH3 is 1. The number of carbonyl (C=O) groups is 1. The third-order valence-electron chi connectivity index (χ3n) is 4.92. The van der Waals surface area contributed by atoms with Crippen LogP contribution in [0, 0.1) is 5.92 Å². The van der Waals surface area contributed by atoms with Crippen LogP contribution in [0.2, 0.25) is 0 Å². The Bertz CT molecular complexity index is 747. The largest absolute Gasteiger partial charge is 0.385 e. The number of para-hydroxylation sites is 2. The van der Waals surface area contributed by atoms with Crippen LogP contribution in [0.4, 0.5) is 5.95 Å². The Balaban J connectivity index is 1.63. The highest BCUT2D eigenvalue weighted by atomic mass is 16.5. The van der Waals surface area contributed by atoms with Crippen LogP contribution in [-0.2, 0) is 16.1 Å². The number of imidazole rings is 1. The molecule has 140 valence electrons. The van der Waals surface area contributed by atoms with Crippen molar-refractivity contribution in [3.63, 3.8) is 0 Å². The van der Waals surface area contributed by atoms with Gasteiger partial charge in [0.25, 0.3) is 0 Å². The topological polar surface area (TPSA) is 59.4 Å². The lowest BCUT2D eigenvalue weighted by atomic mass is 9.96. The Morgan fingerprint density at radius 2 is 2.15 bits per heavy atom. The van der Waals surface area contributed by atoms with Crippen molar-refractivity contribution < 1.29 is 9.53 Å². The molecule has 1 fully saturated rings. The van der Waals surface area contributed by atoms with Crippen molar-refractivity contribution in [2.24, 2.45) is 5.92 Å². The van der Waals surface area contributed by atoms with Gasteiger partial charge in [0.1, 0.15) is 0 Å². The van der Waals surface area contributed by atoms with Crippen LogP contribution in [0.15, 0.2) is 36.9 Å². The van der Waals surface area contributed by atoms with E-state index in [0.717, 1.165) is 55.9 Å². The zero-order valence-electron chi connectivity index (χ0n) is 15.5. The minimum absolute atomic E-state index is 0.0889. The van der Waals surface area contributed by atoms with E-state index in [9.17, 15) is 4.79 Å². The third-order valence-corrected chi connectivity index (χ3v) is 4.92. The molecule has 2 heterocycles. The number of hydrogen-bond donors (Lipinski definition) is 1. The second-order valence-electron chi connectivity index (χ2n) is 6.70. The van der Waals surface area contributed by atoms with E-state index in [1.807, 2.05) is 24.3 Å². The number of rotatable bonds is 8. The predicted molar refractivity (Wildman–Crippen MR) is 104 cm³/mol. The smallest absolute Gasteiger partial charge is 0.223 e. The van der Waals surface area contributed by atoms with Crippen molar-refractivity contribution in [3.8, 4) is 0 Å². The van der Waals surface area contributed by atoms with Crippen LogP contribution in [0.5, 0.6) is 0 Å². The molecule has 1 aromatic heterocycles. The Kier molecular flexibility index (Phi) is 6.28. The van der Waals surface area contributed by atoms with Gasteiger partial charge in [-0.25, -0.2) is 4.98 Å². The number of amides is 1. The first kappa shape index (κ1) is 18.5. The molecule has 1 amide bonds. The summed E-state index contributed by atoms with van der Waals surface area (Å²) in [7, 11) is 1.68. The minimum Gasteiger partial charge on any atom is -0.385 e. The van der Waals surface area contributed by atoms with Crippen molar-refractivity contribution in [3.05, 3.63) is 36.9 Å². The van der Waals surface area contributed by atoms with Gasteiger partial charge in [-0.05, 0) is 31.4 Å². The van der Waals surface area contributed by atoms with Crippen LogP contribution in [0.3, 0.4) is 0 Å². The van der Waals surface area contributed by atoms with E-state index in [1.54, 1.807) is 7.11 Å². The fraction of sp³-hybridized carbons (Fsp3) is 0.500. The molecule has 0 saturated carbocycles. The number of nitrogens with one attached hydrogen (secondary N) is 1. The molecule has 0 unspecified atom stereocenters. The molecule has 6 heteroatoms. The minimum atomic E-state index is 0.0889. The van der Waals surface area contributed by atoms with Gasteiger partial charge in [-0.3, -0.25) is 4.79 Å². The van der Waals surface area contributed by atoms with Gasteiger partial charge in [0.05, 0.1) is 11.0 Å². The fourth-order valence-corrected chi connectivity index (χ4v) is 3.53. The molecule has 1 saturated heterocycles. The van der Waals surface area contributed by atoms with E-state index in [-0.39, 0.29) is 11.8 Å². The molecule has 0 spiro atoms. The van der Waals surface area contributed by atoms with Gasteiger partial charge in [0.15, 0.2) is 0 Å². The van der Waals surface area contributed by atoms with Crippen molar-refractivity contribution in [2.45, 2.75) is 25.8 Å². The zero-order chi connectivity index (χ0) is 18.4. The summed E-state index contributed by atoms with van der Waals surface area (Å²) in [6, 6.07) is 8.18. The molecule has 1 aliphatic heterocycles. The first-order valence-corrected chi connectivity index (χ1v) is 9.32. The summed E-state index contributed by atoms with van der Waals surface area (Å²) in [5.74, 6) is 1.23. The highest BCUT2D eigenvalue weighted by molar-refractivity contribution is 5.80. The number of allylic oxidation sites excluding steroid dienone is 1. The molecule has 0 radical (unpaired) electrons. The van der Waals surface area contributed by atoms with Crippen LogP contribution < -0.4 is 10.2 Å². The van der Waals surface area contributed by atoms with E-state index in [0.29, 0.717) is 13.2 Å². The molecular weight excluding hydrogens is 328 g/mol. The number of hydrogen-bond acceptors (Lipinski definition) is 4. The van der Waals surface area contributed by atoms with Gasteiger partial charge in [-0.1, -0.05) is 18.2 Å². The van der Waals surface area contributed by atoms with Crippen LogP contribution in [0.1, 0.15) is 19.3 Å². The van der Waals surface area contributed by atoms with Crippen LogP contribution in [0.25, 0.3) is 11.0 Å². The zero-order valence-corrected chi connectivity index (χ0v) is 15.5. The summed E-state index contributed by atoms with van der Waals surface area (Å²) < 4.78 is 7.22. The van der Waals surface area contributed by atoms with E-state index in [2.05, 4.69) is 27.4 Å². The van der Waals surface area contributed by atoms with Crippen molar-refractivity contribution in [1.82, 2.24) is 14.9 Å². The number of ether oxygens (including phenoxy) is 1. The summed E-state index contributed by atoms with van der Waals surface area (Å²) in [4.78, 5) is 19.4. The summed E-state index contributed by atoms with van der Waals surface area (Å²) in [6.45, 7) is 7.66. The molecule has 2 aromatic rings. The summed E-state index contributed by atoms with van der Waals surface area (Å²) in [5, 5.41) is 3.02. The Hall–Kier alpha value is -2.34.